The lowest BCUT2D eigenvalue weighted by Gasteiger charge is -2.20. The van der Waals surface area contributed by atoms with Crippen LogP contribution in [-0.4, -0.2) is 29.2 Å². The third kappa shape index (κ3) is 3.41. The Labute approximate surface area is 155 Å². The maximum absolute atomic E-state index is 12.4. The van der Waals surface area contributed by atoms with Crippen LogP contribution in [0, 0.1) is 0 Å². The molecule has 0 bridgehead atoms. The minimum Gasteiger partial charge on any atom is -0.491 e. The summed E-state index contributed by atoms with van der Waals surface area (Å²) in [7, 11) is 0. The molecule has 0 fully saturated rings. The first kappa shape index (κ1) is 16.6. The fourth-order valence-electron chi connectivity index (χ4n) is 2.87. The van der Waals surface area contributed by atoms with Crippen LogP contribution in [0.1, 0.15) is 12.3 Å². The number of fused-ring (bicyclic) bond motifs is 1. The molecule has 26 heavy (non-hydrogen) atoms. The Hall–Kier alpha value is -2.86. The summed E-state index contributed by atoms with van der Waals surface area (Å²) in [5.74, 6) is 1.68. The maximum Gasteiger partial charge on any atom is 0.230 e. The number of carbonyl (C=O) groups excluding carboxylic acids is 1. The number of benzene rings is 2. The van der Waals surface area contributed by atoms with E-state index in [1.54, 1.807) is 17.0 Å². The van der Waals surface area contributed by atoms with Crippen LogP contribution in [0.25, 0.3) is 11.4 Å². The van der Waals surface area contributed by atoms with Crippen LogP contribution in [0.4, 0.5) is 5.69 Å². The molecule has 0 saturated heterocycles. The van der Waals surface area contributed by atoms with Crippen molar-refractivity contribution >= 4 is 23.2 Å². The molecule has 0 spiro atoms. The van der Waals surface area contributed by atoms with Gasteiger partial charge in [0.05, 0.1) is 18.7 Å². The number of rotatable bonds is 4. The van der Waals surface area contributed by atoms with Gasteiger partial charge in [-0.1, -0.05) is 41.0 Å². The molecule has 1 aromatic heterocycles. The fourth-order valence-corrected chi connectivity index (χ4v) is 3.06. The molecule has 0 N–H and O–H groups in total. The fraction of sp³-hybridized carbons (Fsp3) is 0.211. The minimum absolute atomic E-state index is 0.0181. The van der Waals surface area contributed by atoms with Gasteiger partial charge in [-0.3, -0.25) is 4.79 Å². The van der Waals surface area contributed by atoms with Crippen LogP contribution in [0.15, 0.2) is 53.1 Å². The molecular weight excluding hydrogens is 354 g/mol. The Bertz CT molecular complexity index is 941. The molecule has 0 atom stereocenters. The van der Waals surface area contributed by atoms with Gasteiger partial charge in [0.1, 0.15) is 5.75 Å². The third-order valence-electron chi connectivity index (χ3n) is 4.13. The van der Waals surface area contributed by atoms with Crippen molar-refractivity contribution in [1.29, 1.82) is 0 Å². The molecular formula is C19H16ClN3O3. The second-order valence-corrected chi connectivity index (χ2v) is 6.32. The van der Waals surface area contributed by atoms with Gasteiger partial charge in [-0.25, -0.2) is 0 Å². The Morgan fingerprint density at radius 3 is 2.92 bits per heavy atom. The first-order valence-electron chi connectivity index (χ1n) is 8.31. The number of amides is 1. The summed E-state index contributed by atoms with van der Waals surface area (Å²) >= 11 is 6.00. The number of carbonyl (C=O) groups is 1. The van der Waals surface area contributed by atoms with Crippen LogP contribution in [-0.2, 0) is 11.2 Å². The number of hydrogen-bond donors (Lipinski definition) is 0. The van der Waals surface area contributed by atoms with E-state index in [0.717, 1.165) is 11.3 Å². The summed E-state index contributed by atoms with van der Waals surface area (Å²) in [5, 5.41) is 4.61. The van der Waals surface area contributed by atoms with Gasteiger partial charge >= 0.3 is 0 Å². The van der Waals surface area contributed by atoms with Gasteiger partial charge in [-0.15, -0.1) is 0 Å². The highest BCUT2D eigenvalue weighted by molar-refractivity contribution is 6.30. The number of halogens is 1. The second-order valence-electron chi connectivity index (χ2n) is 5.88. The van der Waals surface area contributed by atoms with Gasteiger partial charge in [-0.05, 0) is 24.3 Å². The summed E-state index contributed by atoms with van der Waals surface area (Å²) in [6.45, 7) is 0.822. The molecule has 2 heterocycles. The van der Waals surface area contributed by atoms with E-state index in [2.05, 4.69) is 10.1 Å². The van der Waals surface area contributed by atoms with Crippen LogP contribution < -0.4 is 9.64 Å². The summed E-state index contributed by atoms with van der Waals surface area (Å²) in [5.41, 5.74) is 1.56. The highest BCUT2D eigenvalue weighted by atomic mass is 35.5. The lowest BCUT2D eigenvalue weighted by Crippen LogP contribution is -2.32. The predicted molar refractivity (Wildman–Crippen MR) is 97.4 cm³/mol. The molecule has 0 saturated carbocycles. The molecule has 4 rings (SSSR count). The molecule has 0 radical (unpaired) electrons. The van der Waals surface area contributed by atoms with Crippen molar-refractivity contribution < 1.29 is 14.1 Å². The lowest BCUT2D eigenvalue weighted by atomic mass is 10.2. The number of para-hydroxylation sites is 2. The molecule has 0 aliphatic carbocycles. The quantitative estimate of drug-likeness (QED) is 0.700. The van der Waals surface area contributed by atoms with E-state index < -0.39 is 0 Å². The maximum atomic E-state index is 12.4. The topological polar surface area (TPSA) is 68.5 Å². The molecule has 132 valence electrons. The van der Waals surface area contributed by atoms with E-state index in [9.17, 15) is 4.79 Å². The molecule has 7 heteroatoms. The number of aromatic nitrogens is 2. The molecule has 0 unspecified atom stereocenters. The zero-order valence-corrected chi connectivity index (χ0v) is 14.6. The number of nitrogens with zero attached hydrogens (tertiary/aromatic N) is 3. The standard InChI is InChI=1S/C19H16ClN3O3/c20-14-5-3-4-13(12-14)19-21-17(26-22-19)8-10-23-15-6-1-2-7-16(15)25-11-9-18(23)24/h1-7,12H,8-11H2. The van der Waals surface area contributed by atoms with Crippen LogP contribution in [0.5, 0.6) is 5.75 Å². The Morgan fingerprint density at radius 1 is 1.15 bits per heavy atom. The van der Waals surface area contributed by atoms with Crippen LogP contribution in [0.2, 0.25) is 5.02 Å². The highest BCUT2D eigenvalue weighted by Crippen LogP contribution is 2.31. The van der Waals surface area contributed by atoms with Crippen molar-refractivity contribution in [1.82, 2.24) is 10.1 Å². The largest absolute Gasteiger partial charge is 0.491 e. The first-order valence-corrected chi connectivity index (χ1v) is 8.69. The summed E-state index contributed by atoms with van der Waals surface area (Å²) in [6.07, 6.45) is 0.792. The number of anilines is 1. The van der Waals surface area contributed by atoms with E-state index >= 15 is 0 Å². The monoisotopic (exact) mass is 369 g/mol. The van der Waals surface area contributed by atoms with Gasteiger partial charge in [0.2, 0.25) is 17.6 Å². The van der Waals surface area contributed by atoms with Crippen molar-refractivity contribution in [2.75, 3.05) is 18.1 Å². The normalized spacial score (nSPS) is 13.9. The Kier molecular flexibility index (Phi) is 4.58. The van der Waals surface area contributed by atoms with Crippen molar-refractivity contribution in [3.63, 3.8) is 0 Å². The Balaban J connectivity index is 1.51. The minimum atomic E-state index is 0.0181. The average Bonchev–Trinajstić information content (AvgIpc) is 3.06. The molecule has 2 aromatic carbocycles. The van der Waals surface area contributed by atoms with Crippen molar-refractivity contribution in [2.24, 2.45) is 0 Å². The van der Waals surface area contributed by atoms with E-state index in [1.165, 1.54) is 0 Å². The predicted octanol–water partition coefficient (Wildman–Crippen LogP) is 3.75. The van der Waals surface area contributed by atoms with Gasteiger partial charge < -0.3 is 14.2 Å². The van der Waals surface area contributed by atoms with Crippen LogP contribution in [0.3, 0.4) is 0 Å². The van der Waals surface area contributed by atoms with Gasteiger partial charge in [0.15, 0.2) is 0 Å². The SMILES string of the molecule is O=C1CCOc2ccccc2N1CCc1nc(-c2cccc(Cl)c2)no1. The smallest absolute Gasteiger partial charge is 0.230 e. The Morgan fingerprint density at radius 2 is 2.04 bits per heavy atom. The number of hydrogen-bond acceptors (Lipinski definition) is 5. The van der Waals surface area contributed by atoms with E-state index in [-0.39, 0.29) is 5.91 Å². The van der Waals surface area contributed by atoms with E-state index in [0.29, 0.717) is 48.5 Å². The van der Waals surface area contributed by atoms with E-state index in [4.69, 9.17) is 20.9 Å². The van der Waals surface area contributed by atoms with E-state index in [1.807, 2.05) is 36.4 Å². The zero-order valence-electron chi connectivity index (χ0n) is 13.9. The zero-order chi connectivity index (χ0) is 17.9. The number of ether oxygens (including phenoxy) is 1. The highest BCUT2D eigenvalue weighted by Gasteiger charge is 2.23. The van der Waals surface area contributed by atoms with Gasteiger partial charge in [-0.2, -0.15) is 4.98 Å². The molecule has 1 amide bonds. The van der Waals surface area contributed by atoms with Crippen molar-refractivity contribution in [2.45, 2.75) is 12.8 Å². The van der Waals surface area contributed by atoms with Gasteiger partial charge in [0.25, 0.3) is 0 Å². The average molecular weight is 370 g/mol. The van der Waals surface area contributed by atoms with Crippen molar-refractivity contribution in [3.8, 4) is 17.1 Å². The molecule has 1 aliphatic rings. The molecule has 1 aliphatic heterocycles. The van der Waals surface area contributed by atoms with Crippen LogP contribution >= 0.6 is 11.6 Å². The molecule has 6 nitrogen and oxygen atoms in total. The van der Waals surface area contributed by atoms with Crippen molar-refractivity contribution in [3.05, 3.63) is 59.4 Å². The first-order chi connectivity index (χ1) is 12.7. The lowest BCUT2D eigenvalue weighted by molar-refractivity contribution is -0.118. The molecule has 3 aromatic rings. The summed E-state index contributed by atoms with van der Waals surface area (Å²) in [4.78, 5) is 18.5. The second kappa shape index (κ2) is 7.17. The summed E-state index contributed by atoms with van der Waals surface area (Å²) < 4.78 is 11.0. The third-order valence-corrected chi connectivity index (χ3v) is 4.37. The van der Waals surface area contributed by atoms with Gasteiger partial charge in [0, 0.05) is 23.6 Å². The summed E-state index contributed by atoms with van der Waals surface area (Å²) in [6, 6.07) is 14.8.